The van der Waals surface area contributed by atoms with E-state index in [4.69, 9.17) is 34.8 Å². The Kier molecular flexibility index (Phi) is 3.92. The summed E-state index contributed by atoms with van der Waals surface area (Å²) in [6, 6.07) is 3.28. The third kappa shape index (κ3) is 2.32. The lowest BCUT2D eigenvalue weighted by molar-refractivity contribution is 0.108. The molecule has 70 valence electrons. The first kappa shape index (κ1) is 11.2. The summed E-state index contributed by atoms with van der Waals surface area (Å²) >= 11 is 18.4. The fraction of sp³-hybridized carbons (Fsp3) is 0.125. The molecule has 0 bridgehead atoms. The summed E-state index contributed by atoms with van der Waals surface area (Å²) in [5.74, 6) is 0. The summed E-state index contributed by atoms with van der Waals surface area (Å²) in [7, 11) is 0. The number of thioether (sulfide) groups is 1. The highest BCUT2D eigenvalue weighted by molar-refractivity contribution is 7.98. The monoisotopic (exact) mass is 254 g/mol. The summed E-state index contributed by atoms with van der Waals surface area (Å²) in [6.45, 7) is 0. The van der Waals surface area contributed by atoms with Crippen LogP contribution in [0.25, 0.3) is 0 Å². The molecule has 0 aromatic heterocycles. The molecule has 1 aromatic rings. The maximum Gasteiger partial charge on any atom is 0.253 e. The van der Waals surface area contributed by atoms with Crippen molar-refractivity contribution in [2.45, 2.75) is 4.90 Å². The standard InChI is InChI=1S/C8H5Cl3OS/c1-13-5-3-2-4(8(11)12)6(9)7(5)10/h2-3H,1H3. The summed E-state index contributed by atoms with van der Waals surface area (Å²) in [6.07, 6.45) is 1.87. The van der Waals surface area contributed by atoms with Gasteiger partial charge in [-0.05, 0) is 30.0 Å². The van der Waals surface area contributed by atoms with Gasteiger partial charge < -0.3 is 0 Å². The minimum Gasteiger partial charge on any atom is -0.276 e. The zero-order valence-corrected chi connectivity index (χ0v) is 9.69. The molecule has 0 unspecified atom stereocenters. The highest BCUT2D eigenvalue weighted by Gasteiger charge is 2.13. The van der Waals surface area contributed by atoms with E-state index in [1.54, 1.807) is 12.1 Å². The molecule has 0 spiro atoms. The number of hydrogen-bond acceptors (Lipinski definition) is 2. The van der Waals surface area contributed by atoms with Crippen molar-refractivity contribution in [2.24, 2.45) is 0 Å². The number of carbonyl (C=O) groups is 1. The lowest BCUT2D eigenvalue weighted by atomic mass is 10.2. The Bertz CT molecular complexity index is 351. The first-order valence-corrected chi connectivity index (χ1v) is 5.65. The van der Waals surface area contributed by atoms with Crippen molar-refractivity contribution in [3.63, 3.8) is 0 Å². The van der Waals surface area contributed by atoms with Gasteiger partial charge in [-0.25, -0.2) is 0 Å². The lowest BCUT2D eigenvalue weighted by Crippen LogP contribution is -1.91. The largest absolute Gasteiger partial charge is 0.276 e. The van der Waals surface area contributed by atoms with E-state index in [2.05, 4.69) is 0 Å². The van der Waals surface area contributed by atoms with E-state index < -0.39 is 5.24 Å². The average molecular weight is 256 g/mol. The molecule has 0 radical (unpaired) electrons. The van der Waals surface area contributed by atoms with Gasteiger partial charge in [0.2, 0.25) is 0 Å². The molecule has 5 heteroatoms. The van der Waals surface area contributed by atoms with Gasteiger partial charge in [-0.15, -0.1) is 11.8 Å². The van der Waals surface area contributed by atoms with Crippen molar-refractivity contribution >= 4 is 51.8 Å². The van der Waals surface area contributed by atoms with Crippen LogP contribution >= 0.6 is 46.6 Å². The smallest absolute Gasteiger partial charge is 0.253 e. The van der Waals surface area contributed by atoms with Crippen molar-refractivity contribution in [1.82, 2.24) is 0 Å². The molecule has 0 amide bonds. The molecule has 0 saturated heterocycles. The Labute approximate surface area is 95.4 Å². The second-order valence-corrected chi connectivity index (χ2v) is 4.16. The first-order valence-electron chi connectivity index (χ1n) is 3.29. The van der Waals surface area contributed by atoms with Gasteiger partial charge in [0.25, 0.3) is 5.24 Å². The summed E-state index contributed by atoms with van der Waals surface area (Å²) in [5.41, 5.74) is 0.242. The van der Waals surface area contributed by atoms with E-state index in [0.29, 0.717) is 5.02 Å². The highest BCUT2D eigenvalue weighted by atomic mass is 35.5. The van der Waals surface area contributed by atoms with Crippen LogP contribution in [0.2, 0.25) is 10.0 Å². The van der Waals surface area contributed by atoms with Crippen LogP contribution in [0, 0.1) is 0 Å². The Balaban J connectivity index is 3.31. The zero-order chi connectivity index (χ0) is 10.0. The third-order valence-corrected chi connectivity index (χ3v) is 3.46. The third-order valence-electron chi connectivity index (χ3n) is 1.48. The van der Waals surface area contributed by atoms with Gasteiger partial charge in [-0.1, -0.05) is 23.2 Å². The van der Waals surface area contributed by atoms with Crippen LogP contribution in [0.5, 0.6) is 0 Å². The van der Waals surface area contributed by atoms with Crippen LogP contribution in [0.15, 0.2) is 17.0 Å². The Morgan fingerprint density at radius 3 is 2.38 bits per heavy atom. The molecule has 0 aliphatic carbocycles. The molecule has 0 saturated carbocycles. The fourth-order valence-corrected chi connectivity index (χ4v) is 2.24. The van der Waals surface area contributed by atoms with Crippen LogP contribution in [-0.4, -0.2) is 11.5 Å². The minimum absolute atomic E-state index is 0.216. The molecule has 1 rings (SSSR count). The van der Waals surface area contributed by atoms with E-state index in [0.717, 1.165) is 4.90 Å². The zero-order valence-electron chi connectivity index (χ0n) is 6.61. The molecule has 0 fully saturated rings. The van der Waals surface area contributed by atoms with Crippen molar-refractivity contribution in [1.29, 1.82) is 0 Å². The van der Waals surface area contributed by atoms with Gasteiger partial charge >= 0.3 is 0 Å². The molecular weight excluding hydrogens is 251 g/mol. The molecule has 0 aliphatic heterocycles. The summed E-state index contributed by atoms with van der Waals surface area (Å²) in [4.78, 5) is 11.7. The van der Waals surface area contributed by atoms with Crippen LogP contribution in [0.4, 0.5) is 0 Å². The summed E-state index contributed by atoms with van der Waals surface area (Å²) < 4.78 is 0. The fourth-order valence-electron chi connectivity index (χ4n) is 0.841. The van der Waals surface area contributed by atoms with Gasteiger partial charge in [0, 0.05) is 4.90 Å². The van der Waals surface area contributed by atoms with Gasteiger partial charge in [-0.2, -0.15) is 0 Å². The van der Waals surface area contributed by atoms with E-state index in [9.17, 15) is 4.79 Å². The molecule has 0 N–H and O–H groups in total. The average Bonchev–Trinajstić information content (AvgIpc) is 2.09. The van der Waals surface area contributed by atoms with Crippen molar-refractivity contribution in [3.8, 4) is 0 Å². The van der Waals surface area contributed by atoms with Crippen LogP contribution in [0.1, 0.15) is 10.4 Å². The maximum atomic E-state index is 10.8. The molecule has 0 atom stereocenters. The predicted molar refractivity (Wildman–Crippen MR) is 58.4 cm³/mol. The van der Waals surface area contributed by atoms with E-state index in [-0.39, 0.29) is 10.6 Å². The second-order valence-electron chi connectivity index (χ2n) is 2.22. The molecule has 1 nitrogen and oxygen atoms in total. The summed E-state index contributed by atoms with van der Waals surface area (Å²) in [5, 5.41) is -0.00580. The SMILES string of the molecule is CSc1ccc(C(=O)Cl)c(Cl)c1Cl. The van der Waals surface area contributed by atoms with E-state index in [1.165, 1.54) is 11.8 Å². The quantitative estimate of drug-likeness (QED) is 0.585. The van der Waals surface area contributed by atoms with Crippen molar-refractivity contribution < 1.29 is 4.79 Å². The van der Waals surface area contributed by atoms with E-state index in [1.807, 2.05) is 6.26 Å². The Hall–Kier alpha value is 0.110. The second kappa shape index (κ2) is 4.56. The topological polar surface area (TPSA) is 17.1 Å². The van der Waals surface area contributed by atoms with E-state index >= 15 is 0 Å². The normalized spacial score (nSPS) is 10.2. The Morgan fingerprint density at radius 2 is 1.92 bits per heavy atom. The van der Waals surface area contributed by atoms with Crippen molar-refractivity contribution in [3.05, 3.63) is 27.7 Å². The van der Waals surface area contributed by atoms with Gasteiger partial charge in [0.05, 0.1) is 15.6 Å². The number of carbonyl (C=O) groups excluding carboxylic acids is 1. The van der Waals surface area contributed by atoms with Crippen LogP contribution < -0.4 is 0 Å². The van der Waals surface area contributed by atoms with Gasteiger partial charge in [0.1, 0.15) is 0 Å². The number of hydrogen-bond donors (Lipinski definition) is 0. The molecule has 0 heterocycles. The van der Waals surface area contributed by atoms with Gasteiger partial charge in [0.15, 0.2) is 0 Å². The van der Waals surface area contributed by atoms with Crippen LogP contribution in [0.3, 0.4) is 0 Å². The first-order chi connectivity index (χ1) is 6.07. The molecule has 1 aromatic carbocycles. The lowest BCUT2D eigenvalue weighted by Gasteiger charge is -2.04. The minimum atomic E-state index is -0.598. The predicted octanol–water partition coefficient (Wildman–Crippen LogP) is 4.09. The molecule has 13 heavy (non-hydrogen) atoms. The number of halogens is 3. The van der Waals surface area contributed by atoms with Crippen molar-refractivity contribution in [2.75, 3.05) is 6.26 Å². The number of benzene rings is 1. The van der Waals surface area contributed by atoms with Gasteiger partial charge in [-0.3, -0.25) is 4.79 Å². The Morgan fingerprint density at radius 1 is 1.31 bits per heavy atom. The maximum absolute atomic E-state index is 10.8. The molecular formula is C8H5Cl3OS. The number of rotatable bonds is 2. The van der Waals surface area contributed by atoms with Crippen LogP contribution in [-0.2, 0) is 0 Å². The highest BCUT2D eigenvalue weighted by Crippen LogP contribution is 2.34. The molecule has 0 aliphatic rings.